The standard InChI is InChI=1S/C15H10N8/c16-22-20-11-4-1-10(2-5-11)3-8-15-18-13-7-6-12(21-23-17)9-14(13)19-15/h1-9H,(H,18,19). The molecule has 3 rings (SSSR count). The number of nitrogens with one attached hydrogen (secondary N) is 1. The van der Waals surface area contributed by atoms with Crippen molar-refractivity contribution in [3.8, 4) is 0 Å². The Labute approximate surface area is 130 Å². The van der Waals surface area contributed by atoms with Gasteiger partial charge in [0.05, 0.1) is 11.0 Å². The average Bonchev–Trinajstić information content (AvgIpc) is 2.97. The first kappa shape index (κ1) is 14.2. The number of hydrogen-bond acceptors (Lipinski definition) is 3. The van der Waals surface area contributed by atoms with E-state index in [-0.39, 0.29) is 0 Å². The van der Waals surface area contributed by atoms with E-state index in [1.54, 1.807) is 24.3 Å². The van der Waals surface area contributed by atoms with Crippen LogP contribution in [-0.2, 0) is 0 Å². The average molecular weight is 302 g/mol. The summed E-state index contributed by atoms with van der Waals surface area (Å²) in [5.41, 5.74) is 20.5. The van der Waals surface area contributed by atoms with Gasteiger partial charge in [0.15, 0.2) is 0 Å². The number of azide groups is 2. The smallest absolute Gasteiger partial charge is 0.131 e. The first-order chi connectivity index (χ1) is 11.3. The molecular formula is C15H10N8. The Morgan fingerprint density at radius 2 is 1.61 bits per heavy atom. The summed E-state index contributed by atoms with van der Waals surface area (Å²) in [7, 11) is 0. The molecule has 2 aromatic carbocycles. The number of aromatic nitrogens is 2. The molecule has 0 radical (unpaired) electrons. The normalized spacial score (nSPS) is 10.4. The van der Waals surface area contributed by atoms with Crippen LogP contribution in [0.2, 0.25) is 0 Å². The molecule has 1 heterocycles. The molecule has 0 spiro atoms. The maximum Gasteiger partial charge on any atom is 0.131 e. The van der Waals surface area contributed by atoms with Gasteiger partial charge in [-0.15, -0.1) is 0 Å². The van der Waals surface area contributed by atoms with Crippen LogP contribution in [-0.4, -0.2) is 9.97 Å². The number of nitrogens with zero attached hydrogens (tertiary/aromatic N) is 7. The lowest BCUT2D eigenvalue weighted by Crippen LogP contribution is -1.74. The molecule has 0 fully saturated rings. The molecule has 0 amide bonds. The van der Waals surface area contributed by atoms with E-state index >= 15 is 0 Å². The van der Waals surface area contributed by atoms with Crippen LogP contribution in [0.3, 0.4) is 0 Å². The number of H-pyrrole nitrogens is 1. The highest BCUT2D eigenvalue weighted by Gasteiger charge is 2.01. The van der Waals surface area contributed by atoms with Gasteiger partial charge in [0, 0.05) is 21.2 Å². The van der Waals surface area contributed by atoms with Crippen molar-refractivity contribution in [1.29, 1.82) is 0 Å². The van der Waals surface area contributed by atoms with Crippen molar-refractivity contribution < 1.29 is 0 Å². The van der Waals surface area contributed by atoms with Gasteiger partial charge in [-0.2, -0.15) is 0 Å². The van der Waals surface area contributed by atoms with Crippen LogP contribution in [0.5, 0.6) is 0 Å². The predicted molar refractivity (Wildman–Crippen MR) is 89.1 cm³/mol. The van der Waals surface area contributed by atoms with E-state index in [0.29, 0.717) is 17.2 Å². The van der Waals surface area contributed by atoms with Gasteiger partial charge in [-0.1, -0.05) is 46.6 Å². The quantitative estimate of drug-likeness (QED) is 0.375. The molecule has 8 nitrogen and oxygen atoms in total. The van der Waals surface area contributed by atoms with Crippen molar-refractivity contribution in [1.82, 2.24) is 9.97 Å². The van der Waals surface area contributed by atoms with Crippen LogP contribution < -0.4 is 0 Å². The maximum atomic E-state index is 8.45. The van der Waals surface area contributed by atoms with Gasteiger partial charge in [-0.3, -0.25) is 0 Å². The van der Waals surface area contributed by atoms with Gasteiger partial charge in [0.25, 0.3) is 0 Å². The molecule has 0 aliphatic rings. The number of benzene rings is 2. The monoisotopic (exact) mass is 302 g/mol. The summed E-state index contributed by atoms with van der Waals surface area (Å²) in [6.45, 7) is 0. The zero-order chi connectivity index (χ0) is 16.1. The minimum atomic E-state index is 0.524. The van der Waals surface area contributed by atoms with Crippen LogP contribution in [0.15, 0.2) is 52.7 Å². The van der Waals surface area contributed by atoms with E-state index in [0.717, 1.165) is 16.6 Å². The number of rotatable bonds is 4. The van der Waals surface area contributed by atoms with E-state index in [1.807, 2.05) is 30.4 Å². The lowest BCUT2D eigenvalue weighted by atomic mass is 10.2. The molecule has 0 aliphatic carbocycles. The Bertz CT molecular complexity index is 970. The molecule has 23 heavy (non-hydrogen) atoms. The summed E-state index contributed by atoms with van der Waals surface area (Å²) in [6.07, 6.45) is 3.74. The maximum absolute atomic E-state index is 8.45. The Hall–Kier alpha value is -3.73. The van der Waals surface area contributed by atoms with Crippen molar-refractivity contribution >= 4 is 34.6 Å². The van der Waals surface area contributed by atoms with Gasteiger partial charge in [-0.25, -0.2) is 4.98 Å². The first-order valence-corrected chi connectivity index (χ1v) is 6.66. The molecule has 0 bridgehead atoms. The number of fused-ring (bicyclic) bond motifs is 1. The minimum Gasteiger partial charge on any atom is -0.338 e. The van der Waals surface area contributed by atoms with Crippen LogP contribution in [0.1, 0.15) is 11.4 Å². The summed E-state index contributed by atoms with van der Waals surface area (Å²) in [5.74, 6) is 0.692. The van der Waals surface area contributed by atoms with Gasteiger partial charge < -0.3 is 4.98 Å². The summed E-state index contributed by atoms with van der Waals surface area (Å²) < 4.78 is 0. The van der Waals surface area contributed by atoms with Crippen molar-refractivity contribution in [3.05, 3.63) is 74.7 Å². The summed E-state index contributed by atoms with van der Waals surface area (Å²) >= 11 is 0. The van der Waals surface area contributed by atoms with Crippen molar-refractivity contribution in [2.24, 2.45) is 10.2 Å². The van der Waals surface area contributed by atoms with Crippen LogP contribution in [0.4, 0.5) is 11.4 Å². The number of hydrogen-bond donors (Lipinski definition) is 1. The minimum absolute atomic E-state index is 0.524. The number of aromatic amines is 1. The highest BCUT2D eigenvalue weighted by Crippen LogP contribution is 2.20. The predicted octanol–water partition coefficient (Wildman–Crippen LogP) is 5.62. The van der Waals surface area contributed by atoms with Gasteiger partial charge in [0.2, 0.25) is 0 Å². The highest BCUT2D eigenvalue weighted by atomic mass is 15.1. The van der Waals surface area contributed by atoms with Crippen molar-refractivity contribution in [3.63, 3.8) is 0 Å². The van der Waals surface area contributed by atoms with Gasteiger partial charge in [0.1, 0.15) is 5.82 Å². The van der Waals surface area contributed by atoms with Crippen molar-refractivity contribution in [2.75, 3.05) is 0 Å². The van der Waals surface area contributed by atoms with Gasteiger partial charge in [-0.05, 0) is 34.8 Å². The Kier molecular flexibility index (Phi) is 3.93. The third-order valence-electron chi connectivity index (χ3n) is 3.13. The van der Waals surface area contributed by atoms with E-state index < -0.39 is 0 Å². The van der Waals surface area contributed by atoms with E-state index in [9.17, 15) is 0 Å². The fourth-order valence-corrected chi connectivity index (χ4v) is 2.09. The SMILES string of the molecule is [N-]=[N+]=Nc1ccc(C=Cc2nc3cc(N=[N+]=[N-])ccc3[nH]2)cc1. The molecule has 1 N–H and O–H groups in total. The molecule has 8 heteroatoms. The summed E-state index contributed by atoms with van der Waals surface area (Å²) in [5, 5.41) is 7.08. The Balaban J connectivity index is 1.85. The molecular weight excluding hydrogens is 292 g/mol. The lowest BCUT2D eigenvalue weighted by Gasteiger charge is -1.93. The van der Waals surface area contributed by atoms with Crippen LogP contribution >= 0.6 is 0 Å². The first-order valence-electron chi connectivity index (χ1n) is 6.66. The zero-order valence-corrected chi connectivity index (χ0v) is 11.8. The van der Waals surface area contributed by atoms with Crippen LogP contribution in [0, 0.1) is 0 Å². The topological polar surface area (TPSA) is 126 Å². The molecule has 0 saturated heterocycles. The second-order valence-electron chi connectivity index (χ2n) is 4.63. The third-order valence-corrected chi connectivity index (χ3v) is 3.13. The summed E-state index contributed by atoms with van der Waals surface area (Å²) in [4.78, 5) is 13.1. The second-order valence-corrected chi connectivity index (χ2v) is 4.63. The van der Waals surface area contributed by atoms with Gasteiger partial charge >= 0.3 is 0 Å². The number of imidazole rings is 1. The van der Waals surface area contributed by atoms with Crippen molar-refractivity contribution in [2.45, 2.75) is 0 Å². The lowest BCUT2D eigenvalue weighted by molar-refractivity contribution is 1.29. The molecule has 1 aromatic heterocycles. The fourth-order valence-electron chi connectivity index (χ4n) is 2.09. The summed E-state index contributed by atoms with van der Waals surface area (Å²) in [6, 6.07) is 12.4. The molecule has 3 aromatic rings. The Morgan fingerprint density at radius 3 is 2.35 bits per heavy atom. The molecule has 0 unspecified atom stereocenters. The zero-order valence-electron chi connectivity index (χ0n) is 11.8. The Morgan fingerprint density at radius 1 is 0.913 bits per heavy atom. The van der Waals surface area contributed by atoms with E-state index in [1.165, 1.54) is 0 Å². The molecule has 0 atom stereocenters. The molecule has 0 saturated carbocycles. The van der Waals surface area contributed by atoms with Crippen LogP contribution in [0.25, 0.3) is 44.1 Å². The second kappa shape index (κ2) is 6.36. The highest BCUT2D eigenvalue weighted by molar-refractivity contribution is 5.81. The fraction of sp³-hybridized carbons (Fsp3) is 0. The molecule has 0 aliphatic heterocycles. The van der Waals surface area contributed by atoms with E-state index in [2.05, 4.69) is 30.0 Å². The third kappa shape index (κ3) is 3.30. The van der Waals surface area contributed by atoms with E-state index in [4.69, 9.17) is 11.1 Å². The largest absolute Gasteiger partial charge is 0.338 e. The molecule has 110 valence electrons.